The predicted molar refractivity (Wildman–Crippen MR) is 79.0 cm³/mol. The van der Waals surface area contributed by atoms with E-state index in [4.69, 9.17) is 9.69 Å². The normalized spacial score (nSPS) is 13.8. The smallest absolute Gasteiger partial charge is 0.250 e. The van der Waals surface area contributed by atoms with Crippen LogP contribution in [0.15, 0.2) is 23.3 Å². The molecular formula is C13H23NOSSi. The molecule has 17 heavy (non-hydrogen) atoms. The third-order valence-corrected chi connectivity index (χ3v) is 7.74. The summed E-state index contributed by atoms with van der Waals surface area (Å²) in [5.41, 5.74) is 0. The molecule has 0 aliphatic carbocycles. The predicted octanol–water partition coefficient (Wildman–Crippen LogP) is 5.03. The summed E-state index contributed by atoms with van der Waals surface area (Å²) in [5, 5.41) is 12.6. The molecule has 0 bridgehead atoms. The van der Waals surface area contributed by atoms with E-state index in [1.54, 1.807) is 5.41 Å². The second-order valence-electron chi connectivity index (χ2n) is 5.40. The Labute approximate surface area is 111 Å². The monoisotopic (exact) mass is 269 g/mol. The van der Waals surface area contributed by atoms with Crippen molar-refractivity contribution in [3.05, 3.63) is 23.3 Å². The van der Waals surface area contributed by atoms with Crippen molar-refractivity contribution in [2.75, 3.05) is 0 Å². The van der Waals surface area contributed by atoms with Crippen LogP contribution in [0, 0.1) is 10.7 Å². The van der Waals surface area contributed by atoms with E-state index >= 15 is 0 Å². The van der Waals surface area contributed by atoms with Gasteiger partial charge in [0.2, 0.25) is 8.32 Å². The van der Waals surface area contributed by atoms with Crippen LogP contribution in [0.2, 0.25) is 18.1 Å². The van der Waals surface area contributed by atoms with Crippen LogP contribution in [-0.4, -0.2) is 8.32 Å². The highest BCUT2D eigenvalue weighted by atomic mass is 32.2. The lowest BCUT2D eigenvalue weighted by Crippen LogP contribution is -2.40. The van der Waals surface area contributed by atoms with Crippen molar-refractivity contribution >= 4 is 20.1 Å². The van der Waals surface area contributed by atoms with Gasteiger partial charge in [0.15, 0.2) is 0 Å². The second kappa shape index (κ2) is 6.92. The molecule has 0 spiro atoms. The number of rotatable bonds is 5. The first-order valence-electron chi connectivity index (χ1n) is 5.85. The summed E-state index contributed by atoms with van der Waals surface area (Å²) in [4.78, 5) is 0. The topological polar surface area (TPSA) is 33.0 Å². The zero-order valence-corrected chi connectivity index (χ0v) is 13.5. The Morgan fingerprint density at radius 3 is 2.41 bits per heavy atom. The molecule has 0 atom stereocenters. The molecule has 4 heteroatoms. The molecule has 0 aliphatic heterocycles. The zero-order chi connectivity index (χ0) is 13.5. The van der Waals surface area contributed by atoms with Gasteiger partial charge in [-0.15, -0.1) is 0 Å². The van der Waals surface area contributed by atoms with Gasteiger partial charge in [-0.1, -0.05) is 33.8 Å². The molecule has 0 aromatic heterocycles. The van der Waals surface area contributed by atoms with Gasteiger partial charge < -0.3 is 4.43 Å². The number of thiocyanates is 1. The van der Waals surface area contributed by atoms with Gasteiger partial charge in [-0.05, 0) is 42.4 Å². The number of hydrogen-bond donors (Lipinski definition) is 0. The van der Waals surface area contributed by atoms with Gasteiger partial charge in [0.25, 0.3) is 0 Å². The van der Waals surface area contributed by atoms with Crippen molar-refractivity contribution in [1.82, 2.24) is 0 Å². The number of nitriles is 1. The fraction of sp³-hybridized carbons (Fsp3) is 0.615. The Morgan fingerprint density at radius 2 is 2.00 bits per heavy atom. The molecule has 2 nitrogen and oxygen atoms in total. The molecule has 0 saturated carbocycles. The first-order chi connectivity index (χ1) is 7.74. The maximum absolute atomic E-state index is 8.60. The molecule has 0 saturated heterocycles. The third-order valence-electron chi connectivity index (χ3n) is 2.92. The number of thioether (sulfide) groups is 1. The van der Waals surface area contributed by atoms with E-state index in [0.717, 1.165) is 23.9 Å². The largest absolute Gasteiger partial charge is 0.543 e. The van der Waals surface area contributed by atoms with Crippen LogP contribution in [0.4, 0.5) is 0 Å². The van der Waals surface area contributed by atoms with Gasteiger partial charge in [0.1, 0.15) is 11.2 Å². The molecule has 0 aromatic carbocycles. The van der Waals surface area contributed by atoms with Crippen molar-refractivity contribution in [1.29, 1.82) is 5.26 Å². The Morgan fingerprint density at radius 1 is 1.41 bits per heavy atom. The van der Waals surface area contributed by atoms with Crippen LogP contribution >= 0.6 is 11.8 Å². The van der Waals surface area contributed by atoms with Crippen LogP contribution < -0.4 is 0 Å². The van der Waals surface area contributed by atoms with Crippen molar-refractivity contribution < 1.29 is 4.43 Å². The molecule has 96 valence electrons. The van der Waals surface area contributed by atoms with Crippen LogP contribution in [0.1, 0.15) is 34.1 Å². The highest BCUT2D eigenvalue weighted by molar-refractivity contribution is 8.06. The van der Waals surface area contributed by atoms with E-state index in [1.165, 1.54) is 0 Å². The van der Waals surface area contributed by atoms with E-state index < -0.39 is 8.32 Å². The molecule has 0 heterocycles. The number of hydrogen-bond acceptors (Lipinski definition) is 3. The molecular weight excluding hydrogens is 246 g/mol. The Balaban J connectivity index is 4.88. The summed E-state index contributed by atoms with van der Waals surface area (Å²) < 4.78 is 6.15. The average molecular weight is 269 g/mol. The fourth-order valence-electron chi connectivity index (χ4n) is 0.864. The quantitative estimate of drug-likeness (QED) is 0.304. The standard InChI is InChI=1S/C13H23NOSSi/c1-7-8-9-12(10-16-11-14)15-17(5,6)13(2,3)4/h8-10H,7H2,1-6H3/b9-8+,12-10-. The number of allylic oxidation sites excluding steroid dienone is 2. The van der Waals surface area contributed by atoms with Crippen LogP contribution in [0.3, 0.4) is 0 Å². The summed E-state index contributed by atoms with van der Waals surface area (Å²) in [6.07, 6.45) is 4.98. The van der Waals surface area contributed by atoms with Gasteiger partial charge in [0, 0.05) is 5.41 Å². The first-order valence-corrected chi connectivity index (χ1v) is 9.64. The minimum atomic E-state index is -1.81. The summed E-state index contributed by atoms with van der Waals surface area (Å²) in [6, 6.07) is 0. The molecule has 0 amide bonds. The van der Waals surface area contributed by atoms with Crippen molar-refractivity contribution in [2.45, 2.75) is 52.2 Å². The summed E-state index contributed by atoms with van der Waals surface area (Å²) >= 11 is 1.11. The Hall–Kier alpha value is -0.663. The van der Waals surface area contributed by atoms with Crippen molar-refractivity contribution in [2.24, 2.45) is 0 Å². The molecule has 0 radical (unpaired) electrons. The van der Waals surface area contributed by atoms with Crippen molar-refractivity contribution in [3.63, 3.8) is 0 Å². The SMILES string of the molecule is CC/C=C/C(=C/SC#N)O[Si](C)(C)C(C)(C)C. The molecule has 0 N–H and O–H groups in total. The average Bonchev–Trinajstić information content (AvgIpc) is 2.20. The van der Waals surface area contributed by atoms with E-state index in [0.29, 0.717) is 0 Å². The molecule has 0 aromatic rings. The van der Waals surface area contributed by atoms with E-state index in [1.807, 2.05) is 11.5 Å². The fourth-order valence-corrected chi connectivity index (χ4v) is 2.27. The van der Waals surface area contributed by atoms with Gasteiger partial charge in [0.05, 0.1) is 0 Å². The van der Waals surface area contributed by atoms with E-state index in [9.17, 15) is 0 Å². The first kappa shape index (κ1) is 16.3. The highest BCUT2D eigenvalue weighted by Gasteiger charge is 2.39. The maximum atomic E-state index is 8.60. The number of nitrogens with zero attached hydrogens (tertiary/aromatic N) is 1. The summed E-state index contributed by atoms with van der Waals surface area (Å²) in [5.74, 6) is 0.810. The second-order valence-corrected chi connectivity index (χ2v) is 10.8. The molecule has 0 fully saturated rings. The summed E-state index contributed by atoms with van der Waals surface area (Å²) in [6.45, 7) is 13.1. The van der Waals surface area contributed by atoms with Crippen LogP contribution in [0.25, 0.3) is 0 Å². The minimum Gasteiger partial charge on any atom is -0.543 e. The van der Waals surface area contributed by atoms with Gasteiger partial charge in [-0.3, -0.25) is 0 Å². The lowest BCUT2D eigenvalue weighted by atomic mass is 10.2. The molecule has 0 rings (SSSR count). The van der Waals surface area contributed by atoms with E-state index in [-0.39, 0.29) is 5.04 Å². The van der Waals surface area contributed by atoms with E-state index in [2.05, 4.69) is 46.9 Å². The van der Waals surface area contributed by atoms with Crippen LogP contribution in [0.5, 0.6) is 0 Å². The maximum Gasteiger partial charge on any atom is 0.250 e. The van der Waals surface area contributed by atoms with Gasteiger partial charge in [-0.25, -0.2) is 0 Å². The van der Waals surface area contributed by atoms with Crippen molar-refractivity contribution in [3.8, 4) is 5.40 Å². The highest BCUT2D eigenvalue weighted by Crippen LogP contribution is 2.38. The minimum absolute atomic E-state index is 0.170. The lowest BCUT2D eigenvalue weighted by Gasteiger charge is -2.36. The molecule has 0 aliphatic rings. The third kappa shape index (κ3) is 5.99. The Bertz CT molecular complexity index is 334. The summed E-state index contributed by atoms with van der Waals surface area (Å²) in [7, 11) is -1.81. The molecule has 0 unspecified atom stereocenters. The lowest BCUT2D eigenvalue weighted by molar-refractivity contribution is 0.401. The van der Waals surface area contributed by atoms with Gasteiger partial charge >= 0.3 is 0 Å². The van der Waals surface area contributed by atoms with Gasteiger partial charge in [-0.2, -0.15) is 5.26 Å². The van der Waals surface area contributed by atoms with Crippen LogP contribution in [-0.2, 0) is 4.43 Å². The Kier molecular flexibility index (Phi) is 6.65. The zero-order valence-electron chi connectivity index (χ0n) is 11.7.